The van der Waals surface area contributed by atoms with Crippen LogP contribution in [0.25, 0.3) is 0 Å². The molecule has 3 aliphatic rings. The van der Waals surface area contributed by atoms with Crippen molar-refractivity contribution < 1.29 is 19.1 Å². The summed E-state index contributed by atoms with van der Waals surface area (Å²) in [5.74, 6) is 0.773. The van der Waals surface area contributed by atoms with Crippen molar-refractivity contribution in [3.63, 3.8) is 0 Å². The Morgan fingerprint density at radius 1 is 0.861 bits per heavy atom. The smallest absolute Gasteiger partial charge is 0.180 e. The minimum Gasteiger partial charge on any atom is -0.490 e. The molecular formula is C30H32ClNO4. The minimum absolute atomic E-state index is 0.0999. The van der Waals surface area contributed by atoms with Gasteiger partial charge in [-0.1, -0.05) is 40.9 Å². The highest BCUT2D eigenvalue weighted by molar-refractivity contribution is 6.32. The Morgan fingerprint density at radius 2 is 1.47 bits per heavy atom. The van der Waals surface area contributed by atoms with Crippen LogP contribution in [-0.2, 0) is 16.2 Å². The van der Waals surface area contributed by atoms with Crippen molar-refractivity contribution in [2.24, 2.45) is 0 Å². The third-order valence-electron chi connectivity index (χ3n) is 7.12. The lowest BCUT2D eigenvalue weighted by molar-refractivity contribution is -0.117. The number of ether oxygens (including phenoxy) is 2. The molecule has 0 saturated carbocycles. The van der Waals surface area contributed by atoms with E-state index >= 15 is 0 Å². The summed E-state index contributed by atoms with van der Waals surface area (Å²) in [5.41, 5.74) is 7.52. The van der Waals surface area contributed by atoms with Crippen molar-refractivity contribution >= 4 is 23.2 Å². The van der Waals surface area contributed by atoms with Crippen molar-refractivity contribution in [3.05, 3.63) is 80.1 Å². The summed E-state index contributed by atoms with van der Waals surface area (Å²) in [6.45, 7) is 6.83. The first kappa shape index (κ1) is 24.6. The van der Waals surface area contributed by atoms with Gasteiger partial charge in [0.25, 0.3) is 0 Å². The summed E-state index contributed by atoms with van der Waals surface area (Å²) < 4.78 is 12.2. The fourth-order valence-corrected chi connectivity index (χ4v) is 6.06. The normalized spacial score (nSPS) is 18.1. The van der Waals surface area contributed by atoms with E-state index in [4.69, 9.17) is 21.1 Å². The van der Waals surface area contributed by atoms with Crippen LogP contribution in [0.5, 0.6) is 11.5 Å². The summed E-state index contributed by atoms with van der Waals surface area (Å²) >= 11 is 6.82. The monoisotopic (exact) mass is 505 g/mol. The molecule has 0 atom stereocenters. The summed E-state index contributed by atoms with van der Waals surface area (Å²) in [7, 11) is 0. The van der Waals surface area contributed by atoms with Crippen LogP contribution < -0.4 is 14.8 Å². The largest absolute Gasteiger partial charge is 0.490 e. The number of halogens is 1. The highest BCUT2D eigenvalue weighted by atomic mass is 35.5. The Morgan fingerprint density at radius 3 is 2.06 bits per heavy atom. The zero-order chi connectivity index (χ0) is 25.4. The molecule has 188 valence electrons. The van der Waals surface area contributed by atoms with Gasteiger partial charge in [-0.25, -0.2) is 0 Å². The Labute approximate surface area is 217 Å². The van der Waals surface area contributed by atoms with Crippen molar-refractivity contribution in [1.29, 1.82) is 0 Å². The van der Waals surface area contributed by atoms with Gasteiger partial charge in [0.1, 0.15) is 6.61 Å². The van der Waals surface area contributed by atoms with Gasteiger partial charge in [-0.15, -0.1) is 0 Å². The van der Waals surface area contributed by atoms with E-state index in [1.807, 2.05) is 19.1 Å². The van der Waals surface area contributed by atoms with Gasteiger partial charge in [-0.05, 0) is 69.7 Å². The van der Waals surface area contributed by atoms with E-state index in [0.717, 1.165) is 48.2 Å². The molecule has 36 heavy (non-hydrogen) atoms. The van der Waals surface area contributed by atoms with Crippen molar-refractivity contribution in [3.8, 4) is 11.5 Å². The maximum atomic E-state index is 13.1. The number of allylic oxidation sites excluding steroid dienone is 4. The fraction of sp³-hybridized carbons (Fsp3) is 0.400. The van der Waals surface area contributed by atoms with Gasteiger partial charge < -0.3 is 14.8 Å². The summed E-state index contributed by atoms with van der Waals surface area (Å²) in [4.78, 5) is 26.3. The van der Waals surface area contributed by atoms with E-state index in [-0.39, 0.29) is 11.6 Å². The molecule has 0 radical (unpaired) electrons. The highest BCUT2D eigenvalue weighted by Gasteiger charge is 2.40. The Kier molecular flexibility index (Phi) is 6.94. The molecule has 5 rings (SSSR count). The molecule has 0 saturated heterocycles. The van der Waals surface area contributed by atoms with Gasteiger partial charge in [0.15, 0.2) is 23.1 Å². The average Bonchev–Trinajstić information content (AvgIpc) is 2.82. The summed E-state index contributed by atoms with van der Waals surface area (Å²) in [6.07, 6.45) is 4.26. The average molecular weight is 506 g/mol. The van der Waals surface area contributed by atoms with Crippen molar-refractivity contribution in [2.45, 2.75) is 71.8 Å². The Bertz CT molecular complexity index is 1240. The third-order valence-corrected chi connectivity index (χ3v) is 7.40. The maximum absolute atomic E-state index is 13.1. The van der Waals surface area contributed by atoms with Crippen LogP contribution in [0.2, 0.25) is 5.02 Å². The number of rotatable bonds is 6. The van der Waals surface area contributed by atoms with Crippen LogP contribution in [-0.4, -0.2) is 18.2 Å². The van der Waals surface area contributed by atoms with Gasteiger partial charge in [0, 0.05) is 41.3 Å². The zero-order valence-corrected chi connectivity index (χ0v) is 21.9. The van der Waals surface area contributed by atoms with E-state index in [2.05, 4.69) is 37.4 Å². The number of carbonyl (C=O) groups is 2. The molecule has 2 aliphatic carbocycles. The number of dihydropyridines is 1. The first-order chi connectivity index (χ1) is 17.4. The van der Waals surface area contributed by atoms with Crippen LogP contribution in [0, 0.1) is 13.8 Å². The van der Waals surface area contributed by atoms with Gasteiger partial charge >= 0.3 is 0 Å². The molecule has 5 nitrogen and oxygen atoms in total. The van der Waals surface area contributed by atoms with E-state index in [1.54, 1.807) is 0 Å². The van der Waals surface area contributed by atoms with Gasteiger partial charge in [0.05, 0.1) is 11.6 Å². The predicted octanol–water partition coefficient (Wildman–Crippen LogP) is 6.64. The summed E-state index contributed by atoms with van der Waals surface area (Å²) in [6, 6.07) is 10.1. The van der Waals surface area contributed by atoms with Gasteiger partial charge in [-0.2, -0.15) is 0 Å². The Hall–Kier alpha value is -3.05. The number of Topliss-reactive ketones (excluding diaryl/α,β-unsaturated/α-hetero) is 2. The molecule has 6 heteroatoms. The molecule has 1 heterocycles. The molecule has 0 unspecified atom stereocenters. The van der Waals surface area contributed by atoms with Crippen LogP contribution >= 0.6 is 11.6 Å². The highest BCUT2D eigenvalue weighted by Crippen LogP contribution is 2.48. The van der Waals surface area contributed by atoms with Crippen molar-refractivity contribution in [2.75, 3.05) is 6.61 Å². The standard InChI is InChI=1S/C30H32ClNO4/c1-4-35-26-15-20(14-21(31)30(26)36-16-19-12-17(2)11-18(3)13-19)27-28-22(7-5-9-24(28)33)32-23-8-6-10-25(34)29(23)27/h11-15,27,32H,4-10,16H2,1-3H3. The molecule has 2 aromatic rings. The van der Waals surface area contributed by atoms with E-state index in [0.29, 0.717) is 53.7 Å². The Balaban J connectivity index is 1.57. The number of benzene rings is 2. The number of carbonyl (C=O) groups excluding carboxylic acids is 2. The van der Waals surface area contributed by atoms with Crippen LogP contribution in [0.3, 0.4) is 0 Å². The SMILES string of the molecule is CCOc1cc(C2C3=C(CCCC3=O)NC3=C2C(=O)CCC3)cc(Cl)c1OCc1cc(C)cc(C)c1. The van der Waals surface area contributed by atoms with Gasteiger partial charge in [0.2, 0.25) is 0 Å². The molecular weight excluding hydrogens is 474 g/mol. The van der Waals surface area contributed by atoms with E-state index in [1.165, 1.54) is 11.1 Å². The second-order valence-corrected chi connectivity index (χ2v) is 10.4. The first-order valence-electron chi connectivity index (χ1n) is 12.8. The predicted molar refractivity (Wildman–Crippen MR) is 141 cm³/mol. The van der Waals surface area contributed by atoms with Crippen LogP contribution in [0.1, 0.15) is 73.6 Å². The second-order valence-electron chi connectivity index (χ2n) is 9.94. The van der Waals surface area contributed by atoms with Crippen LogP contribution in [0.4, 0.5) is 0 Å². The molecule has 0 spiro atoms. The number of aryl methyl sites for hydroxylation is 2. The van der Waals surface area contributed by atoms with Crippen molar-refractivity contribution in [1.82, 2.24) is 5.32 Å². The van der Waals surface area contributed by atoms with E-state index < -0.39 is 5.92 Å². The minimum atomic E-state index is -0.429. The number of nitrogens with one attached hydrogen (secondary N) is 1. The van der Waals surface area contributed by atoms with E-state index in [9.17, 15) is 9.59 Å². The molecule has 0 aromatic heterocycles. The molecule has 2 aromatic carbocycles. The van der Waals surface area contributed by atoms with Crippen LogP contribution in [0.15, 0.2) is 52.9 Å². The lowest BCUT2D eigenvalue weighted by Gasteiger charge is -2.37. The molecule has 0 amide bonds. The first-order valence-corrected chi connectivity index (χ1v) is 13.2. The lowest BCUT2D eigenvalue weighted by atomic mass is 9.71. The second kappa shape index (κ2) is 10.1. The number of ketones is 2. The quantitative estimate of drug-likeness (QED) is 0.477. The fourth-order valence-electron chi connectivity index (χ4n) is 5.78. The summed E-state index contributed by atoms with van der Waals surface area (Å²) in [5, 5.41) is 3.87. The molecule has 1 N–H and O–H groups in total. The number of hydrogen-bond donors (Lipinski definition) is 1. The molecule has 0 fully saturated rings. The molecule has 0 bridgehead atoms. The third kappa shape index (κ3) is 4.69. The zero-order valence-electron chi connectivity index (χ0n) is 21.1. The lowest BCUT2D eigenvalue weighted by Crippen LogP contribution is -2.36. The molecule has 1 aliphatic heterocycles. The maximum Gasteiger partial charge on any atom is 0.180 e. The topological polar surface area (TPSA) is 64.6 Å². The number of hydrogen-bond acceptors (Lipinski definition) is 5. The van der Waals surface area contributed by atoms with Gasteiger partial charge in [-0.3, -0.25) is 9.59 Å².